The first-order valence-corrected chi connectivity index (χ1v) is 36.0. The predicted octanol–water partition coefficient (Wildman–Crippen LogP) is 16.4. The molecule has 474 valence electrons. The largest absolute Gasteiger partial charge is 0.461 e. The Morgan fingerprint density at radius 2 is 1.49 bits per heavy atom. The van der Waals surface area contributed by atoms with Crippen molar-refractivity contribution in [1.29, 1.82) is 0 Å². The zero-order valence-corrected chi connectivity index (χ0v) is 54.3. The van der Waals surface area contributed by atoms with E-state index in [4.69, 9.17) is 9.47 Å². The van der Waals surface area contributed by atoms with Gasteiger partial charge in [-0.1, -0.05) is 172 Å². The molecular weight excluding hydrogens is 1120 g/mol. The van der Waals surface area contributed by atoms with Gasteiger partial charge in [0.2, 0.25) is 0 Å². The van der Waals surface area contributed by atoms with Gasteiger partial charge in [0.15, 0.2) is 0 Å². The summed E-state index contributed by atoms with van der Waals surface area (Å²) >= 11 is 0. The highest BCUT2D eigenvalue weighted by Gasteiger charge is 2.79. The SMILES string of the molecule is C[C@H](CCCc1ccccc1)C[C@@H]1C#C[C@H]2CC[C@@H](Cc3ccccc3)C[C@]23CC#C[C@@]2(C)C[C@@H](OC3=O)[C@H]3[C@](C)([C@H]4CC[C@]56CC[C@@H]7C[C@]8(c9ccccc9)CCCC[C@@H]8c8ccc9cccc(c9c8[C@@H]75)[C@@H]6C4)CC[C@@H](O)[C@]3([C@H]1O)[C@@]2(O)CCC1=CC(=O)OC1. The van der Waals surface area contributed by atoms with Crippen molar-refractivity contribution in [3.63, 3.8) is 0 Å². The smallest absolute Gasteiger partial charge is 0.331 e. The first kappa shape index (κ1) is 60.0. The van der Waals surface area contributed by atoms with Gasteiger partial charge in [0.25, 0.3) is 0 Å². The molecule has 6 saturated carbocycles. The molecule has 5 aromatic rings. The summed E-state index contributed by atoms with van der Waals surface area (Å²) in [6.07, 6.45) is 18.4. The maximum atomic E-state index is 16.6. The molecule has 7 nitrogen and oxygen atoms in total. The molecule has 4 bridgehead atoms. The molecule has 20 atom stereocenters. The maximum Gasteiger partial charge on any atom is 0.331 e. The minimum Gasteiger partial charge on any atom is -0.461 e. The fraction of sp³-hybridized carbons (Fsp3) is 0.571. The van der Waals surface area contributed by atoms with Crippen molar-refractivity contribution in [3.05, 3.63) is 166 Å². The molecular formula is C84H96O7. The van der Waals surface area contributed by atoms with Crippen LogP contribution in [0.5, 0.6) is 0 Å². The molecule has 3 N–H and O–H groups in total. The summed E-state index contributed by atoms with van der Waals surface area (Å²) in [5.74, 6) is 15.1. The van der Waals surface area contributed by atoms with Crippen molar-refractivity contribution in [2.45, 2.75) is 222 Å². The van der Waals surface area contributed by atoms with Crippen LogP contribution in [0, 0.1) is 92.2 Å². The number of benzene rings is 5. The molecule has 0 aromatic heterocycles. The van der Waals surface area contributed by atoms with Gasteiger partial charge in [-0.15, -0.1) is 5.92 Å². The van der Waals surface area contributed by atoms with Crippen LogP contribution in [0.2, 0.25) is 0 Å². The Morgan fingerprint density at radius 3 is 2.29 bits per heavy atom. The van der Waals surface area contributed by atoms with Crippen LogP contribution >= 0.6 is 0 Å². The number of ether oxygens (including phenoxy) is 2. The fourth-order valence-corrected chi connectivity index (χ4v) is 24.3. The number of aliphatic hydroxyl groups is 3. The fourth-order valence-electron chi connectivity index (χ4n) is 24.3. The van der Waals surface area contributed by atoms with Gasteiger partial charge in [-0.2, -0.15) is 0 Å². The van der Waals surface area contributed by atoms with Crippen LogP contribution in [-0.2, 0) is 37.3 Å². The van der Waals surface area contributed by atoms with Crippen molar-refractivity contribution in [2.24, 2.45) is 68.5 Å². The van der Waals surface area contributed by atoms with E-state index in [-0.39, 0.29) is 78.2 Å². The van der Waals surface area contributed by atoms with Gasteiger partial charge < -0.3 is 24.8 Å². The minimum atomic E-state index is -1.85. The second kappa shape index (κ2) is 22.6. The van der Waals surface area contributed by atoms with Crippen LogP contribution in [0.4, 0.5) is 0 Å². The Morgan fingerprint density at radius 1 is 0.714 bits per heavy atom. The van der Waals surface area contributed by atoms with Crippen LogP contribution in [-0.4, -0.2) is 57.8 Å². The predicted molar refractivity (Wildman–Crippen MR) is 357 cm³/mol. The highest BCUT2D eigenvalue weighted by Crippen LogP contribution is 2.78. The van der Waals surface area contributed by atoms with E-state index in [0.29, 0.717) is 56.3 Å². The highest BCUT2D eigenvalue weighted by atomic mass is 16.5. The molecule has 8 aliphatic carbocycles. The van der Waals surface area contributed by atoms with Crippen molar-refractivity contribution >= 4 is 22.7 Å². The van der Waals surface area contributed by atoms with Crippen LogP contribution in [0.15, 0.2) is 133 Å². The molecule has 7 heteroatoms. The Hall–Kier alpha value is -5.96. The molecule has 91 heavy (non-hydrogen) atoms. The van der Waals surface area contributed by atoms with E-state index in [1.165, 1.54) is 78.0 Å². The molecule has 3 heterocycles. The van der Waals surface area contributed by atoms with E-state index in [9.17, 15) is 15.0 Å². The summed E-state index contributed by atoms with van der Waals surface area (Å²) in [5.41, 5.74) is 3.41. The van der Waals surface area contributed by atoms with E-state index >= 15 is 9.90 Å². The normalized spacial score (nSPS) is 40.9. The number of fused-ring (bicyclic) bond motifs is 5. The van der Waals surface area contributed by atoms with Gasteiger partial charge >= 0.3 is 11.9 Å². The summed E-state index contributed by atoms with van der Waals surface area (Å²) in [6.45, 7) is 6.95. The van der Waals surface area contributed by atoms with Gasteiger partial charge in [-0.3, -0.25) is 4.79 Å². The van der Waals surface area contributed by atoms with Crippen molar-refractivity contribution in [1.82, 2.24) is 0 Å². The monoisotopic (exact) mass is 1220 g/mol. The lowest BCUT2D eigenvalue weighted by Gasteiger charge is -2.72. The average Bonchev–Trinajstić information content (AvgIpc) is 1.50. The molecule has 2 spiro atoms. The van der Waals surface area contributed by atoms with E-state index in [1.54, 1.807) is 17.2 Å². The molecule has 6 fully saturated rings. The van der Waals surface area contributed by atoms with Gasteiger partial charge in [-0.05, 0) is 231 Å². The highest BCUT2D eigenvalue weighted by molar-refractivity contribution is 5.93. The molecule has 0 saturated heterocycles. The lowest BCUT2D eigenvalue weighted by atomic mass is 9.34. The zero-order chi connectivity index (χ0) is 62.1. The Bertz CT molecular complexity index is 3800. The van der Waals surface area contributed by atoms with E-state index in [0.717, 1.165) is 56.9 Å². The number of cyclic esters (lactones) is 1. The topological polar surface area (TPSA) is 113 Å². The second-order valence-electron chi connectivity index (χ2n) is 32.4. The lowest BCUT2D eigenvalue weighted by Crippen LogP contribution is -2.80. The number of carbonyl (C=O) groups excluding carboxylic acids is 2. The van der Waals surface area contributed by atoms with Crippen molar-refractivity contribution in [3.8, 4) is 23.7 Å². The zero-order valence-electron chi connectivity index (χ0n) is 54.3. The molecule has 0 amide bonds. The van der Waals surface area contributed by atoms with Gasteiger partial charge in [0.05, 0.1) is 34.1 Å². The third kappa shape index (κ3) is 9.12. The van der Waals surface area contributed by atoms with E-state index in [1.807, 2.05) is 0 Å². The molecule has 5 aromatic carbocycles. The summed E-state index contributed by atoms with van der Waals surface area (Å²) in [7, 11) is 0. The maximum absolute atomic E-state index is 16.6. The Kier molecular flexibility index (Phi) is 14.9. The first-order valence-electron chi connectivity index (χ1n) is 36.0. The number of rotatable bonds is 13. The van der Waals surface area contributed by atoms with Gasteiger partial charge in [0, 0.05) is 42.1 Å². The van der Waals surface area contributed by atoms with Crippen molar-refractivity contribution < 1.29 is 34.4 Å². The summed E-state index contributed by atoms with van der Waals surface area (Å²) in [5, 5.41) is 47.0. The number of esters is 2. The molecule has 11 aliphatic rings. The Balaban J connectivity index is 0.855. The molecule has 0 unspecified atom stereocenters. The quantitative estimate of drug-likeness (QED) is 0.0795. The standard InChI is InChI=1S/C84H96O7/c1-54(18-15-23-55-19-7-4-8-20-55)46-60-30-33-63-32-29-57(47-56-21-9-5-10-22-56)50-82(63)41-17-39-78(2)52-69(91-77(82)88)75-79(3,42-38-70(85)84(75,76(60)87)83(78,89)45-35-58-48-71(86)90-53-58)64-37-44-80-43-36-61-51-81(62-25-11-6-12-26-62)40-14-13-28-67(81)66-34-31-59-24-16-27-65(68(80)49-64)72(59)73(66)74(61)80/h4-12,16,19-22,24-27,31,34,48,54,57,60-61,63-64,67-70,74-76,85,87,89H,13-15,18,23,28-29,32,35-38,40-47,49-53H2,1-3H3/t54-,57+,60+,61-,63-,64+,67-,68+,69-,70-,74-,75+,76+,78+,79+,80+,81+,82-,83-,84+/m1/s1. The number of carbonyl (C=O) groups is 2. The van der Waals surface area contributed by atoms with Crippen LogP contribution in [0.1, 0.15) is 213 Å². The molecule has 3 aliphatic heterocycles. The summed E-state index contributed by atoms with van der Waals surface area (Å²) in [6, 6.07) is 45.4. The second-order valence-corrected chi connectivity index (χ2v) is 32.4. The third-order valence-corrected chi connectivity index (χ3v) is 28.2. The van der Waals surface area contributed by atoms with Gasteiger partial charge in [-0.25, -0.2) is 4.79 Å². The number of aryl methyl sites for hydroxylation is 1. The Labute approximate surface area is 541 Å². The number of aliphatic hydroxyl groups excluding tert-OH is 2. The van der Waals surface area contributed by atoms with Gasteiger partial charge in [0.1, 0.15) is 12.7 Å². The van der Waals surface area contributed by atoms with E-state index in [2.05, 4.69) is 166 Å². The van der Waals surface area contributed by atoms with Crippen LogP contribution in [0.3, 0.4) is 0 Å². The number of hydrogen-bond donors (Lipinski definition) is 3. The summed E-state index contributed by atoms with van der Waals surface area (Å²) in [4.78, 5) is 29.5. The van der Waals surface area contributed by atoms with Crippen LogP contribution < -0.4 is 0 Å². The van der Waals surface area contributed by atoms with Crippen LogP contribution in [0.25, 0.3) is 10.8 Å². The summed E-state index contributed by atoms with van der Waals surface area (Å²) < 4.78 is 13.2. The first-order chi connectivity index (χ1) is 44.1. The number of hydrogen-bond acceptors (Lipinski definition) is 7. The van der Waals surface area contributed by atoms with Crippen molar-refractivity contribution in [2.75, 3.05) is 6.61 Å². The lowest BCUT2D eigenvalue weighted by molar-refractivity contribution is -0.343. The molecule has 16 rings (SSSR count). The van der Waals surface area contributed by atoms with E-state index < -0.39 is 57.4 Å². The minimum absolute atomic E-state index is 0.0699. The third-order valence-electron chi connectivity index (χ3n) is 28.2. The molecule has 0 radical (unpaired) electrons. The average molecular weight is 1220 g/mol.